The summed E-state index contributed by atoms with van der Waals surface area (Å²) in [6, 6.07) is 7.15. The van der Waals surface area contributed by atoms with Gasteiger partial charge in [-0.2, -0.15) is 4.45 Å². The van der Waals surface area contributed by atoms with E-state index < -0.39 is 0 Å². The van der Waals surface area contributed by atoms with Crippen LogP contribution < -0.4 is 9.88 Å². The van der Waals surface area contributed by atoms with Gasteiger partial charge in [-0.15, -0.1) is 0 Å². The number of carbonyl (C=O) groups excluding carboxylic acids is 1. The number of hydrazine groups is 1. The molecule has 0 unspecified atom stereocenters. The minimum atomic E-state index is -0.249. The van der Waals surface area contributed by atoms with E-state index >= 15 is 0 Å². The standard InChI is InChI=1S/C17H27BrN2O2/c1-2-3-4-5-6-7-8-9-14-22-17(21)15-10-12-16(13-11-15)19-20-18/h10-13,19-20H,2-9,14H2,1H3. The number of rotatable bonds is 12. The van der Waals surface area contributed by atoms with Gasteiger partial charge in [-0.25, -0.2) is 4.79 Å². The summed E-state index contributed by atoms with van der Waals surface area (Å²) >= 11 is 3.05. The van der Waals surface area contributed by atoms with Gasteiger partial charge in [0.1, 0.15) is 0 Å². The number of anilines is 1. The van der Waals surface area contributed by atoms with E-state index in [-0.39, 0.29) is 5.97 Å². The van der Waals surface area contributed by atoms with Crippen LogP contribution in [0.1, 0.15) is 68.6 Å². The number of carbonyl (C=O) groups is 1. The summed E-state index contributed by atoms with van der Waals surface area (Å²) in [7, 11) is 0. The van der Waals surface area contributed by atoms with Crippen molar-refractivity contribution in [1.82, 2.24) is 4.45 Å². The molecule has 0 saturated carbocycles. The van der Waals surface area contributed by atoms with Crippen LogP contribution in [-0.2, 0) is 4.74 Å². The number of esters is 1. The normalized spacial score (nSPS) is 10.5. The molecule has 1 aromatic carbocycles. The van der Waals surface area contributed by atoms with Gasteiger partial charge in [0, 0.05) is 21.8 Å². The predicted octanol–water partition coefficient (Wildman–Crippen LogP) is 5.21. The van der Waals surface area contributed by atoms with Crippen molar-refractivity contribution >= 4 is 27.8 Å². The minimum Gasteiger partial charge on any atom is -0.462 e. The maximum absolute atomic E-state index is 11.9. The largest absolute Gasteiger partial charge is 0.462 e. The van der Waals surface area contributed by atoms with Crippen molar-refractivity contribution in [3.8, 4) is 0 Å². The molecule has 1 aromatic rings. The van der Waals surface area contributed by atoms with Crippen molar-refractivity contribution in [2.24, 2.45) is 0 Å². The molecule has 0 spiro atoms. The first kappa shape index (κ1) is 19.0. The van der Waals surface area contributed by atoms with Crippen molar-refractivity contribution in [2.45, 2.75) is 58.3 Å². The second kappa shape index (κ2) is 12.5. The molecular formula is C17H27BrN2O2. The van der Waals surface area contributed by atoms with E-state index in [0.717, 1.165) is 18.5 Å². The number of halogens is 1. The van der Waals surface area contributed by atoms with E-state index in [1.54, 1.807) is 12.1 Å². The summed E-state index contributed by atoms with van der Waals surface area (Å²) in [5.74, 6) is -0.249. The number of ether oxygens (including phenoxy) is 1. The Labute approximate surface area is 142 Å². The number of hydrogen-bond donors (Lipinski definition) is 2. The smallest absolute Gasteiger partial charge is 0.338 e. The molecule has 1 rings (SSSR count). The predicted molar refractivity (Wildman–Crippen MR) is 95.0 cm³/mol. The number of hydrogen-bond acceptors (Lipinski definition) is 4. The summed E-state index contributed by atoms with van der Waals surface area (Å²) < 4.78 is 7.94. The molecule has 0 radical (unpaired) electrons. The van der Waals surface area contributed by atoms with Crippen molar-refractivity contribution in [3.63, 3.8) is 0 Å². The van der Waals surface area contributed by atoms with Gasteiger partial charge in [-0.3, -0.25) is 0 Å². The van der Waals surface area contributed by atoms with Crippen molar-refractivity contribution < 1.29 is 9.53 Å². The Balaban J connectivity index is 2.08. The summed E-state index contributed by atoms with van der Waals surface area (Å²) in [5, 5.41) is 0. The van der Waals surface area contributed by atoms with Crippen LogP contribution in [0.25, 0.3) is 0 Å². The number of benzene rings is 1. The molecule has 0 aromatic heterocycles. The third-order valence-electron chi connectivity index (χ3n) is 3.54. The molecule has 0 atom stereocenters. The van der Waals surface area contributed by atoms with E-state index in [1.165, 1.54) is 38.5 Å². The van der Waals surface area contributed by atoms with Crippen LogP contribution >= 0.6 is 16.1 Å². The summed E-state index contributed by atoms with van der Waals surface area (Å²) in [4.78, 5) is 11.9. The first-order chi connectivity index (χ1) is 10.8. The number of nitrogens with one attached hydrogen (secondary N) is 2. The average Bonchev–Trinajstić information content (AvgIpc) is 2.54. The van der Waals surface area contributed by atoms with Gasteiger partial charge in [0.2, 0.25) is 0 Å². The van der Waals surface area contributed by atoms with Gasteiger partial charge in [-0.1, -0.05) is 51.9 Å². The highest BCUT2D eigenvalue weighted by atomic mass is 79.9. The summed E-state index contributed by atoms with van der Waals surface area (Å²) in [5.41, 5.74) is 4.33. The molecule has 0 saturated heterocycles. The highest BCUT2D eigenvalue weighted by Crippen LogP contribution is 2.11. The van der Waals surface area contributed by atoms with Crippen LogP contribution in [-0.4, -0.2) is 12.6 Å². The molecule has 5 heteroatoms. The fraction of sp³-hybridized carbons (Fsp3) is 0.588. The molecular weight excluding hydrogens is 344 g/mol. The lowest BCUT2D eigenvalue weighted by Crippen LogP contribution is -2.09. The molecule has 2 N–H and O–H groups in total. The fourth-order valence-corrected chi connectivity index (χ4v) is 2.46. The maximum Gasteiger partial charge on any atom is 0.338 e. The average molecular weight is 371 g/mol. The van der Waals surface area contributed by atoms with Gasteiger partial charge >= 0.3 is 5.97 Å². The van der Waals surface area contributed by atoms with Crippen LogP contribution in [0, 0.1) is 0 Å². The van der Waals surface area contributed by atoms with E-state index in [1.807, 2.05) is 12.1 Å². The van der Waals surface area contributed by atoms with E-state index in [0.29, 0.717) is 12.2 Å². The van der Waals surface area contributed by atoms with Crippen LogP contribution in [0.5, 0.6) is 0 Å². The second-order valence-corrected chi connectivity index (χ2v) is 5.80. The SMILES string of the molecule is CCCCCCCCCCOC(=O)c1ccc(NNBr)cc1. The monoisotopic (exact) mass is 370 g/mol. The molecule has 0 aliphatic heterocycles. The molecule has 0 amide bonds. The Morgan fingerprint density at radius 1 is 1.00 bits per heavy atom. The van der Waals surface area contributed by atoms with Crippen LogP contribution in [0.4, 0.5) is 5.69 Å². The van der Waals surface area contributed by atoms with Crippen LogP contribution in [0.2, 0.25) is 0 Å². The van der Waals surface area contributed by atoms with Gasteiger partial charge in [0.05, 0.1) is 12.2 Å². The van der Waals surface area contributed by atoms with Crippen molar-refractivity contribution in [1.29, 1.82) is 0 Å². The Kier molecular flexibility index (Phi) is 10.8. The van der Waals surface area contributed by atoms with Gasteiger partial charge in [-0.05, 0) is 30.7 Å². The van der Waals surface area contributed by atoms with Crippen molar-refractivity contribution in [2.75, 3.05) is 12.0 Å². The third kappa shape index (κ3) is 8.39. The fourth-order valence-electron chi connectivity index (χ4n) is 2.23. The molecule has 0 heterocycles. The Hall–Kier alpha value is -1.07. The molecule has 22 heavy (non-hydrogen) atoms. The van der Waals surface area contributed by atoms with E-state index in [9.17, 15) is 4.79 Å². The highest BCUT2D eigenvalue weighted by Gasteiger charge is 2.06. The van der Waals surface area contributed by atoms with Crippen LogP contribution in [0.15, 0.2) is 24.3 Å². The van der Waals surface area contributed by atoms with Crippen molar-refractivity contribution in [3.05, 3.63) is 29.8 Å². The minimum absolute atomic E-state index is 0.249. The maximum atomic E-state index is 11.9. The first-order valence-corrected chi connectivity index (χ1v) is 8.96. The zero-order valence-corrected chi connectivity index (χ0v) is 15.0. The Morgan fingerprint density at radius 2 is 1.59 bits per heavy atom. The first-order valence-electron chi connectivity index (χ1n) is 8.16. The Morgan fingerprint density at radius 3 is 2.18 bits per heavy atom. The lowest BCUT2D eigenvalue weighted by molar-refractivity contribution is 0.0497. The van der Waals surface area contributed by atoms with Gasteiger partial charge < -0.3 is 10.2 Å². The van der Waals surface area contributed by atoms with E-state index in [2.05, 4.69) is 32.9 Å². The lowest BCUT2D eigenvalue weighted by Gasteiger charge is -2.06. The molecule has 0 aliphatic rings. The molecule has 124 valence electrons. The molecule has 0 fully saturated rings. The van der Waals surface area contributed by atoms with E-state index in [4.69, 9.17) is 4.74 Å². The summed E-state index contributed by atoms with van der Waals surface area (Å²) in [6.07, 6.45) is 9.94. The van der Waals surface area contributed by atoms with Gasteiger partial charge in [0.15, 0.2) is 0 Å². The zero-order chi connectivity index (χ0) is 16.0. The third-order valence-corrected chi connectivity index (χ3v) is 3.74. The van der Waals surface area contributed by atoms with Gasteiger partial charge in [0.25, 0.3) is 0 Å². The molecule has 0 bridgehead atoms. The van der Waals surface area contributed by atoms with Crippen LogP contribution in [0.3, 0.4) is 0 Å². The highest BCUT2D eigenvalue weighted by molar-refractivity contribution is 9.08. The number of unbranched alkanes of at least 4 members (excludes halogenated alkanes) is 7. The second-order valence-electron chi connectivity index (χ2n) is 5.41. The molecule has 4 nitrogen and oxygen atoms in total. The zero-order valence-electron chi connectivity index (χ0n) is 13.4. The Bertz CT molecular complexity index is 410. The quantitative estimate of drug-likeness (QED) is 0.229. The molecule has 0 aliphatic carbocycles. The summed E-state index contributed by atoms with van der Waals surface area (Å²) in [6.45, 7) is 2.74. The topological polar surface area (TPSA) is 50.4 Å². The lowest BCUT2D eigenvalue weighted by atomic mass is 10.1.